The molecule has 0 bridgehead atoms. The highest BCUT2D eigenvalue weighted by Gasteiger charge is 2.12. The van der Waals surface area contributed by atoms with Crippen molar-refractivity contribution in [3.8, 4) is 0 Å². The molecular formula is C12H8Cl2FN5. The molecule has 0 saturated heterocycles. The molecule has 20 heavy (non-hydrogen) atoms. The van der Waals surface area contributed by atoms with Crippen molar-refractivity contribution in [3.05, 3.63) is 46.6 Å². The quantitative estimate of drug-likeness (QED) is 0.760. The normalized spacial score (nSPS) is 10.9. The predicted octanol–water partition coefficient (Wildman–Crippen LogP) is 3.50. The van der Waals surface area contributed by atoms with Crippen molar-refractivity contribution in [2.45, 2.75) is 0 Å². The summed E-state index contributed by atoms with van der Waals surface area (Å²) in [6.07, 6.45) is 4.96. The number of aromatic nitrogens is 3. The Labute approximate surface area is 123 Å². The van der Waals surface area contributed by atoms with Crippen LogP contribution >= 0.6 is 23.2 Å². The Morgan fingerprint density at radius 2 is 1.95 bits per heavy atom. The third-order valence-corrected chi connectivity index (χ3v) is 3.24. The maximum atomic E-state index is 13.2. The van der Waals surface area contributed by atoms with E-state index < -0.39 is 5.82 Å². The van der Waals surface area contributed by atoms with Gasteiger partial charge in [-0.3, -0.25) is 0 Å². The van der Waals surface area contributed by atoms with Crippen LogP contribution in [-0.4, -0.2) is 14.4 Å². The highest BCUT2D eigenvalue weighted by Crippen LogP contribution is 2.34. The molecule has 1 aromatic carbocycles. The summed E-state index contributed by atoms with van der Waals surface area (Å²) in [7, 11) is 0. The first kappa shape index (κ1) is 13.0. The van der Waals surface area contributed by atoms with Gasteiger partial charge in [-0.05, 0) is 12.1 Å². The van der Waals surface area contributed by atoms with Gasteiger partial charge in [0.25, 0.3) is 0 Å². The number of anilines is 3. The molecule has 0 radical (unpaired) electrons. The summed E-state index contributed by atoms with van der Waals surface area (Å²) in [5.41, 5.74) is 6.61. The Balaban J connectivity index is 2.12. The largest absolute Gasteiger partial charge is 0.382 e. The number of nitrogens with one attached hydrogen (secondary N) is 1. The van der Waals surface area contributed by atoms with E-state index in [9.17, 15) is 4.39 Å². The lowest BCUT2D eigenvalue weighted by molar-refractivity contribution is 0.628. The summed E-state index contributed by atoms with van der Waals surface area (Å²) in [5.74, 6) is 0.162. The number of benzene rings is 1. The van der Waals surface area contributed by atoms with Crippen LogP contribution in [0.15, 0.2) is 30.7 Å². The smallest absolute Gasteiger partial charge is 0.180 e. The van der Waals surface area contributed by atoms with Crippen molar-refractivity contribution < 1.29 is 4.39 Å². The lowest BCUT2D eigenvalue weighted by Gasteiger charge is -2.11. The van der Waals surface area contributed by atoms with Crippen LogP contribution in [0, 0.1) is 5.82 Å². The van der Waals surface area contributed by atoms with Crippen LogP contribution in [0.3, 0.4) is 0 Å². The van der Waals surface area contributed by atoms with E-state index in [-0.39, 0.29) is 10.0 Å². The molecular weight excluding hydrogens is 304 g/mol. The highest BCUT2D eigenvalue weighted by molar-refractivity contribution is 6.39. The zero-order valence-electron chi connectivity index (χ0n) is 9.94. The van der Waals surface area contributed by atoms with Crippen LogP contribution in [-0.2, 0) is 0 Å². The molecule has 0 saturated carbocycles. The fourth-order valence-electron chi connectivity index (χ4n) is 1.81. The zero-order valence-corrected chi connectivity index (χ0v) is 11.5. The van der Waals surface area contributed by atoms with Gasteiger partial charge in [-0.25, -0.2) is 14.4 Å². The summed E-state index contributed by atoms with van der Waals surface area (Å²) in [5, 5.41) is 3.22. The molecule has 102 valence electrons. The van der Waals surface area contributed by atoms with Crippen molar-refractivity contribution in [1.29, 1.82) is 0 Å². The second-order valence-corrected chi connectivity index (χ2v) is 4.86. The Kier molecular flexibility index (Phi) is 3.11. The molecule has 8 heteroatoms. The third-order valence-electron chi connectivity index (χ3n) is 2.64. The van der Waals surface area contributed by atoms with Gasteiger partial charge in [0.15, 0.2) is 11.5 Å². The minimum absolute atomic E-state index is 0.143. The van der Waals surface area contributed by atoms with Crippen molar-refractivity contribution in [2.75, 3.05) is 11.1 Å². The molecule has 0 aliphatic heterocycles. The predicted molar refractivity (Wildman–Crippen MR) is 77.1 cm³/mol. The molecule has 0 amide bonds. The van der Waals surface area contributed by atoms with E-state index in [4.69, 9.17) is 28.9 Å². The van der Waals surface area contributed by atoms with Crippen LogP contribution in [0.4, 0.5) is 21.7 Å². The number of nitrogens with two attached hydrogens (primary N) is 1. The minimum Gasteiger partial charge on any atom is -0.382 e. The van der Waals surface area contributed by atoms with E-state index in [0.29, 0.717) is 23.0 Å². The summed E-state index contributed by atoms with van der Waals surface area (Å²) < 4.78 is 14.9. The van der Waals surface area contributed by atoms with Crippen molar-refractivity contribution in [3.63, 3.8) is 0 Å². The lowest BCUT2D eigenvalue weighted by atomic mass is 10.3. The summed E-state index contributed by atoms with van der Waals surface area (Å²) in [6.45, 7) is 0. The molecule has 0 spiro atoms. The second kappa shape index (κ2) is 4.81. The summed E-state index contributed by atoms with van der Waals surface area (Å²) >= 11 is 12.0. The van der Waals surface area contributed by atoms with Gasteiger partial charge < -0.3 is 15.5 Å². The summed E-state index contributed by atoms with van der Waals surface area (Å²) in [4.78, 5) is 8.30. The van der Waals surface area contributed by atoms with E-state index in [1.807, 2.05) is 0 Å². The number of halogens is 3. The number of fused-ring (bicyclic) bond motifs is 1. The van der Waals surface area contributed by atoms with Crippen molar-refractivity contribution in [1.82, 2.24) is 14.4 Å². The maximum Gasteiger partial charge on any atom is 0.180 e. The molecule has 0 fully saturated rings. The number of hydrogen-bond acceptors (Lipinski definition) is 4. The Morgan fingerprint density at radius 1 is 1.25 bits per heavy atom. The van der Waals surface area contributed by atoms with E-state index >= 15 is 0 Å². The van der Waals surface area contributed by atoms with E-state index in [1.54, 1.807) is 23.0 Å². The molecule has 0 atom stereocenters. The van der Waals surface area contributed by atoms with Gasteiger partial charge in [0.2, 0.25) is 0 Å². The molecule has 0 unspecified atom stereocenters. The Bertz CT molecular complexity index is 779. The van der Waals surface area contributed by atoms with E-state index in [1.165, 1.54) is 0 Å². The first-order valence-corrected chi connectivity index (χ1v) is 6.31. The van der Waals surface area contributed by atoms with Crippen LogP contribution < -0.4 is 11.1 Å². The van der Waals surface area contributed by atoms with Gasteiger partial charge in [-0.1, -0.05) is 23.2 Å². The van der Waals surface area contributed by atoms with Gasteiger partial charge in [0.05, 0.1) is 21.9 Å². The van der Waals surface area contributed by atoms with Crippen LogP contribution in [0.2, 0.25) is 10.0 Å². The highest BCUT2D eigenvalue weighted by atomic mass is 35.5. The van der Waals surface area contributed by atoms with E-state index in [2.05, 4.69) is 15.3 Å². The van der Waals surface area contributed by atoms with Crippen LogP contribution in [0.5, 0.6) is 0 Å². The number of nitrogen functional groups attached to an aromatic ring is 1. The first-order valence-electron chi connectivity index (χ1n) is 5.55. The molecule has 0 aliphatic rings. The molecule has 5 nitrogen and oxygen atoms in total. The second-order valence-electron chi connectivity index (χ2n) is 4.04. The van der Waals surface area contributed by atoms with E-state index in [0.717, 1.165) is 12.1 Å². The number of hydrogen-bond donors (Lipinski definition) is 2. The third kappa shape index (κ3) is 2.23. The average molecular weight is 312 g/mol. The molecule has 2 heterocycles. The van der Waals surface area contributed by atoms with Gasteiger partial charge in [-0.2, -0.15) is 0 Å². The maximum absolute atomic E-state index is 13.2. The molecule has 2 aromatic heterocycles. The van der Waals surface area contributed by atoms with Gasteiger partial charge >= 0.3 is 0 Å². The summed E-state index contributed by atoms with van der Waals surface area (Å²) in [6, 6.07) is 2.32. The first-order chi connectivity index (χ1) is 9.54. The van der Waals surface area contributed by atoms with Crippen molar-refractivity contribution >= 4 is 46.2 Å². The monoisotopic (exact) mass is 311 g/mol. The number of rotatable bonds is 2. The van der Waals surface area contributed by atoms with Crippen LogP contribution in [0.1, 0.15) is 0 Å². The fourth-order valence-corrected chi connectivity index (χ4v) is 2.37. The molecule has 3 N–H and O–H groups in total. The molecule has 3 rings (SSSR count). The van der Waals surface area contributed by atoms with Crippen LogP contribution in [0.25, 0.3) is 5.65 Å². The Morgan fingerprint density at radius 3 is 2.65 bits per heavy atom. The molecule has 3 aromatic rings. The van der Waals surface area contributed by atoms with Crippen molar-refractivity contribution in [2.24, 2.45) is 0 Å². The number of nitrogens with zero attached hydrogens (tertiary/aromatic N) is 3. The van der Waals surface area contributed by atoms with Gasteiger partial charge in [-0.15, -0.1) is 0 Å². The minimum atomic E-state index is -0.517. The number of imidazole rings is 1. The Hall–Kier alpha value is -2.05. The average Bonchev–Trinajstić information content (AvgIpc) is 2.81. The topological polar surface area (TPSA) is 68.2 Å². The van der Waals surface area contributed by atoms with Gasteiger partial charge in [0, 0.05) is 12.4 Å². The lowest BCUT2D eigenvalue weighted by Crippen LogP contribution is -2.02. The molecule has 0 aliphatic carbocycles. The zero-order chi connectivity index (χ0) is 14.3. The van der Waals surface area contributed by atoms with Gasteiger partial charge in [0.1, 0.15) is 11.6 Å². The standard InChI is InChI=1S/C12H8Cl2FN5/c13-7-3-6(15)4-8(14)10(7)19-11-12-17-1-2-20(12)5-9(16)18-11/h1-5H,16H2,(H,18,19). The SMILES string of the molecule is Nc1cn2ccnc2c(Nc2c(Cl)cc(F)cc2Cl)n1. The fraction of sp³-hybridized carbons (Fsp3) is 0.